The van der Waals surface area contributed by atoms with Gasteiger partial charge in [-0.1, -0.05) is 26.0 Å². The largest absolute Gasteiger partial charge is 0.397 e. The first-order valence-electron chi connectivity index (χ1n) is 5.58. The minimum absolute atomic E-state index is 0. The van der Waals surface area contributed by atoms with E-state index in [2.05, 4.69) is 24.1 Å². The van der Waals surface area contributed by atoms with Crippen LogP contribution in [0.1, 0.15) is 13.8 Å². The predicted molar refractivity (Wildman–Crippen MR) is 88.9 cm³/mol. The fraction of sp³-hybridized carbons (Fsp3) is 0.500. The van der Waals surface area contributed by atoms with Crippen molar-refractivity contribution in [3.05, 3.63) is 24.3 Å². The van der Waals surface area contributed by atoms with Crippen molar-refractivity contribution >= 4 is 48.6 Å². The number of nitrogens with two attached hydrogens (primary N) is 1. The molecule has 0 heterocycles. The van der Waals surface area contributed by atoms with E-state index in [1.807, 2.05) is 24.3 Å². The molecular weight excluding hydrogens is 293 g/mol. The summed E-state index contributed by atoms with van der Waals surface area (Å²) in [6.07, 6.45) is 0. The average Bonchev–Trinajstić information content (AvgIpc) is 2.27. The number of hydrogen-bond donors (Lipinski definition) is 2. The van der Waals surface area contributed by atoms with Crippen LogP contribution in [0, 0.1) is 0 Å². The highest BCUT2D eigenvalue weighted by Crippen LogP contribution is 2.15. The van der Waals surface area contributed by atoms with Gasteiger partial charge in [0, 0.05) is 13.1 Å². The van der Waals surface area contributed by atoms with Gasteiger partial charge in [-0.2, -0.15) is 0 Å². The zero-order chi connectivity index (χ0) is 11.1. The normalized spacial score (nSPS) is 8.83. The van der Waals surface area contributed by atoms with Crippen molar-refractivity contribution in [2.75, 3.05) is 37.2 Å². The molecule has 0 unspecified atom stereocenters. The van der Waals surface area contributed by atoms with E-state index < -0.39 is 0 Å². The van der Waals surface area contributed by atoms with Gasteiger partial charge >= 0.3 is 0 Å². The number of rotatable bonds is 6. The third-order valence-corrected chi connectivity index (χ3v) is 2.60. The van der Waals surface area contributed by atoms with Crippen molar-refractivity contribution in [1.82, 2.24) is 4.90 Å². The van der Waals surface area contributed by atoms with Crippen LogP contribution in [0.15, 0.2) is 24.3 Å². The first-order valence-corrected chi connectivity index (χ1v) is 5.58. The number of benzene rings is 1. The molecule has 1 aromatic rings. The number of nitrogens with one attached hydrogen (secondary N) is 1. The van der Waals surface area contributed by atoms with Gasteiger partial charge < -0.3 is 16.0 Å². The van der Waals surface area contributed by atoms with E-state index in [1.54, 1.807) is 0 Å². The monoisotopic (exact) mass is 315 g/mol. The zero-order valence-corrected chi connectivity index (χ0v) is 13.3. The van der Waals surface area contributed by atoms with E-state index in [-0.39, 0.29) is 37.2 Å². The number of halogens is 3. The number of anilines is 2. The summed E-state index contributed by atoms with van der Waals surface area (Å²) in [7, 11) is 0. The molecule has 0 aliphatic heterocycles. The maximum absolute atomic E-state index is 5.83. The first-order chi connectivity index (χ1) is 7.27. The maximum atomic E-state index is 5.83. The molecule has 0 atom stereocenters. The Morgan fingerprint density at radius 2 is 1.61 bits per heavy atom. The third-order valence-electron chi connectivity index (χ3n) is 2.60. The molecule has 0 fully saturated rings. The van der Waals surface area contributed by atoms with Gasteiger partial charge in [-0.05, 0) is 25.2 Å². The highest BCUT2D eigenvalue weighted by molar-refractivity contribution is 5.86. The summed E-state index contributed by atoms with van der Waals surface area (Å²) >= 11 is 0. The molecule has 6 heteroatoms. The van der Waals surface area contributed by atoms with Crippen LogP contribution >= 0.6 is 37.2 Å². The topological polar surface area (TPSA) is 41.3 Å². The minimum atomic E-state index is 0. The Hall–Kier alpha value is -0.350. The molecule has 0 aromatic heterocycles. The van der Waals surface area contributed by atoms with Gasteiger partial charge in [0.1, 0.15) is 0 Å². The molecule has 0 radical (unpaired) electrons. The van der Waals surface area contributed by atoms with Gasteiger partial charge in [0.15, 0.2) is 0 Å². The summed E-state index contributed by atoms with van der Waals surface area (Å²) in [5, 5.41) is 3.35. The number of nitrogen functional groups attached to an aromatic ring is 1. The summed E-state index contributed by atoms with van der Waals surface area (Å²) in [4.78, 5) is 2.38. The lowest BCUT2D eigenvalue weighted by Crippen LogP contribution is -2.28. The number of nitrogens with zero attached hydrogens (tertiary/aromatic N) is 1. The maximum Gasteiger partial charge on any atom is 0.0574 e. The second kappa shape index (κ2) is 13.1. The molecule has 0 spiro atoms. The van der Waals surface area contributed by atoms with Crippen LogP contribution < -0.4 is 11.1 Å². The van der Waals surface area contributed by atoms with E-state index in [0.29, 0.717) is 0 Å². The fourth-order valence-corrected chi connectivity index (χ4v) is 1.55. The fourth-order valence-electron chi connectivity index (χ4n) is 1.55. The van der Waals surface area contributed by atoms with Crippen LogP contribution in [-0.2, 0) is 0 Å². The predicted octanol–water partition coefficient (Wildman–Crippen LogP) is 3.29. The van der Waals surface area contributed by atoms with Crippen molar-refractivity contribution in [2.24, 2.45) is 0 Å². The molecule has 0 bridgehead atoms. The summed E-state index contributed by atoms with van der Waals surface area (Å²) < 4.78 is 0. The van der Waals surface area contributed by atoms with E-state index in [0.717, 1.165) is 37.6 Å². The van der Waals surface area contributed by atoms with Crippen LogP contribution in [0.25, 0.3) is 0 Å². The highest BCUT2D eigenvalue weighted by Gasteiger charge is 1.99. The zero-order valence-electron chi connectivity index (χ0n) is 10.9. The summed E-state index contributed by atoms with van der Waals surface area (Å²) in [6, 6.07) is 7.87. The van der Waals surface area contributed by atoms with Crippen LogP contribution in [-0.4, -0.2) is 31.1 Å². The Morgan fingerprint density at radius 3 is 2.11 bits per heavy atom. The van der Waals surface area contributed by atoms with Crippen LogP contribution in [0.5, 0.6) is 0 Å². The summed E-state index contributed by atoms with van der Waals surface area (Å²) in [5.74, 6) is 0. The third kappa shape index (κ3) is 7.88. The van der Waals surface area contributed by atoms with Gasteiger partial charge in [-0.15, -0.1) is 37.2 Å². The van der Waals surface area contributed by atoms with E-state index in [9.17, 15) is 0 Å². The van der Waals surface area contributed by atoms with E-state index >= 15 is 0 Å². The lowest BCUT2D eigenvalue weighted by Gasteiger charge is -2.18. The molecule has 3 N–H and O–H groups in total. The SMILES string of the molecule is CCN(CC)CCNc1ccccc1N.Cl.Cl.Cl. The minimum Gasteiger partial charge on any atom is -0.397 e. The molecule has 108 valence electrons. The molecule has 0 aliphatic rings. The number of hydrogen-bond acceptors (Lipinski definition) is 3. The Labute approximate surface area is 129 Å². The second-order valence-electron chi connectivity index (χ2n) is 3.54. The van der Waals surface area contributed by atoms with Crippen molar-refractivity contribution in [3.8, 4) is 0 Å². The lowest BCUT2D eigenvalue weighted by atomic mass is 10.2. The van der Waals surface area contributed by atoms with Gasteiger partial charge in [0.2, 0.25) is 0 Å². The van der Waals surface area contributed by atoms with E-state index in [1.165, 1.54) is 0 Å². The van der Waals surface area contributed by atoms with Crippen molar-refractivity contribution in [2.45, 2.75) is 13.8 Å². The van der Waals surface area contributed by atoms with Crippen molar-refractivity contribution in [3.63, 3.8) is 0 Å². The quantitative estimate of drug-likeness (QED) is 0.791. The Morgan fingerprint density at radius 1 is 1.06 bits per heavy atom. The van der Waals surface area contributed by atoms with Crippen LogP contribution in [0.3, 0.4) is 0 Å². The molecule has 0 amide bonds. The van der Waals surface area contributed by atoms with E-state index in [4.69, 9.17) is 5.73 Å². The molecule has 18 heavy (non-hydrogen) atoms. The molecule has 1 aromatic carbocycles. The molecule has 0 saturated heterocycles. The Balaban J connectivity index is -0.000000750. The van der Waals surface area contributed by atoms with Gasteiger partial charge in [0.05, 0.1) is 11.4 Å². The average molecular weight is 317 g/mol. The van der Waals surface area contributed by atoms with Crippen molar-refractivity contribution in [1.29, 1.82) is 0 Å². The van der Waals surface area contributed by atoms with Gasteiger partial charge in [-0.3, -0.25) is 0 Å². The molecular formula is C12H24Cl3N3. The molecule has 1 rings (SSSR count). The number of para-hydroxylation sites is 2. The smallest absolute Gasteiger partial charge is 0.0574 e. The molecule has 0 saturated carbocycles. The first kappa shape index (κ1) is 22.8. The lowest BCUT2D eigenvalue weighted by molar-refractivity contribution is 0.316. The summed E-state index contributed by atoms with van der Waals surface area (Å²) in [5.41, 5.74) is 7.68. The van der Waals surface area contributed by atoms with Gasteiger partial charge in [-0.25, -0.2) is 0 Å². The standard InChI is InChI=1S/C12H21N3.3ClH/c1-3-15(4-2)10-9-14-12-8-6-5-7-11(12)13;;;/h5-8,14H,3-4,9-10,13H2,1-2H3;3*1H. The number of likely N-dealkylation sites (N-methyl/N-ethyl adjacent to an activating group) is 1. The van der Waals surface area contributed by atoms with Crippen LogP contribution in [0.2, 0.25) is 0 Å². The Kier molecular flexibility index (Phi) is 16.6. The molecule has 3 nitrogen and oxygen atoms in total. The van der Waals surface area contributed by atoms with Crippen LogP contribution in [0.4, 0.5) is 11.4 Å². The van der Waals surface area contributed by atoms with Crippen molar-refractivity contribution < 1.29 is 0 Å². The van der Waals surface area contributed by atoms with Gasteiger partial charge in [0.25, 0.3) is 0 Å². The Bertz CT molecular complexity index is 294. The molecule has 0 aliphatic carbocycles. The second-order valence-corrected chi connectivity index (χ2v) is 3.54. The summed E-state index contributed by atoms with van der Waals surface area (Å²) in [6.45, 7) is 8.56. The highest BCUT2D eigenvalue weighted by atomic mass is 35.5.